The molecule has 0 aliphatic rings. The van der Waals surface area contributed by atoms with Gasteiger partial charge in [0.2, 0.25) is 0 Å². The van der Waals surface area contributed by atoms with Crippen LogP contribution in [-0.2, 0) is 21.3 Å². The standard InChI is InChI=1S/C10H9BrClF2NO2/c1-17-8(16)3-6-5(4-11)2-7(10(13)14)15-9(6)12/h2,10H,3-4H2,1H3. The zero-order valence-corrected chi connectivity index (χ0v) is 11.2. The Morgan fingerprint density at radius 3 is 2.76 bits per heavy atom. The number of methoxy groups -OCH3 is 1. The zero-order chi connectivity index (χ0) is 13.0. The van der Waals surface area contributed by atoms with Gasteiger partial charge >= 0.3 is 5.97 Å². The predicted octanol–water partition coefficient (Wildman–Crippen LogP) is 3.28. The van der Waals surface area contributed by atoms with E-state index in [2.05, 4.69) is 25.7 Å². The highest BCUT2D eigenvalue weighted by Gasteiger charge is 2.18. The molecule has 0 unspecified atom stereocenters. The molecule has 0 saturated carbocycles. The van der Waals surface area contributed by atoms with E-state index in [4.69, 9.17) is 11.6 Å². The fourth-order valence-corrected chi connectivity index (χ4v) is 2.03. The van der Waals surface area contributed by atoms with Gasteiger partial charge in [0.15, 0.2) is 0 Å². The average molecular weight is 329 g/mol. The van der Waals surface area contributed by atoms with Crippen molar-refractivity contribution in [2.24, 2.45) is 0 Å². The molecule has 1 aromatic heterocycles. The molecule has 17 heavy (non-hydrogen) atoms. The third-order valence-corrected chi connectivity index (χ3v) is 3.02. The molecule has 7 heteroatoms. The van der Waals surface area contributed by atoms with Gasteiger partial charge in [0.25, 0.3) is 6.43 Å². The van der Waals surface area contributed by atoms with Crippen LogP contribution in [0.5, 0.6) is 0 Å². The van der Waals surface area contributed by atoms with Crippen LogP contribution in [0.25, 0.3) is 0 Å². The summed E-state index contributed by atoms with van der Waals surface area (Å²) in [6.07, 6.45) is -2.79. The first-order chi connectivity index (χ1) is 7.99. The van der Waals surface area contributed by atoms with Gasteiger partial charge < -0.3 is 4.74 Å². The first kappa shape index (κ1) is 14.3. The van der Waals surface area contributed by atoms with Crippen LogP contribution in [0, 0.1) is 0 Å². The number of esters is 1. The summed E-state index contributed by atoms with van der Waals surface area (Å²) in [6.45, 7) is 0. The molecular formula is C10H9BrClF2NO2. The van der Waals surface area contributed by atoms with E-state index < -0.39 is 18.1 Å². The van der Waals surface area contributed by atoms with Gasteiger partial charge in [0, 0.05) is 10.9 Å². The van der Waals surface area contributed by atoms with E-state index in [0.717, 1.165) is 0 Å². The summed E-state index contributed by atoms with van der Waals surface area (Å²) < 4.78 is 29.5. The van der Waals surface area contributed by atoms with E-state index >= 15 is 0 Å². The molecule has 0 fully saturated rings. The molecule has 0 radical (unpaired) electrons. The maximum Gasteiger partial charge on any atom is 0.310 e. The van der Waals surface area contributed by atoms with Crippen LogP contribution in [0.15, 0.2) is 6.07 Å². The second kappa shape index (κ2) is 6.26. The van der Waals surface area contributed by atoms with Crippen LogP contribution in [0.2, 0.25) is 5.15 Å². The summed E-state index contributed by atoms with van der Waals surface area (Å²) >= 11 is 8.94. The van der Waals surface area contributed by atoms with Gasteiger partial charge in [-0.3, -0.25) is 4.79 Å². The summed E-state index contributed by atoms with van der Waals surface area (Å²) in [5.74, 6) is -0.499. The number of aromatic nitrogens is 1. The molecule has 1 aromatic rings. The number of rotatable bonds is 4. The van der Waals surface area contributed by atoms with Crippen molar-refractivity contribution < 1.29 is 18.3 Å². The van der Waals surface area contributed by atoms with Crippen molar-refractivity contribution in [2.45, 2.75) is 18.2 Å². The van der Waals surface area contributed by atoms with Gasteiger partial charge in [-0.2, -0.15) is 0 Å². The van der Waals surface area contributed by atoms with Gasteiger partial charge in [-0.1, -0.05) is 27.5 Å². The maximum atomic E-state index is 12.5. The molecule has 1 rings (SSSR count). The highest BCUT2D eigenvalue weighted by atomic mass is 79.9. The van der Waals surface area contributed by atoms with E-state index in [0.29, 0.717) is 16.5 Å². The molecule has 0 amide bonds. The quantitative estimate of drug-likeness (QED) is 0.484. The van der Waals surface area contributed by atoms with E-state index in [1.165, 1.54) is 13.2 Å². The lowest BCUT2D eigenvalue weighted by atomic mass is 10.1. The van der Waals surface area contributed by atoms with E-state index in [9.17, 15) is 13.6 Å². The number of halogens is 4. The molecule has 0 aliphatic heterocycles. The molecule has 0 atom stereocenters. The fraction of sp³-hybridized carbons (Fsp3) is 0.400. The first-order valence-electron chi connectivity index (χ1n) is 4.58. The van der Waals surface area contributed by atoms with Gasteiger partial charge in [-0.25, -0.2) is 13.8 Å². The van der Waals surface area contributed by atoms with Gasteiger partial charge in [-0.05, 0) is 11.6 Å². The van der Waals surface area contributed by atoms with Crippen molar-refractivity contribution in [1.82, 2.24) is 4.98 Å². The number of ether oxygens (including phenoxy) is 1. The largest absolute Gasteiger partial charge is 0.469 e. The third-order valence-electron chi connectivity index (χ3n) is 2.10. The number of hydrogen-bond acceptors (Lipinski definition) is 3. The summed E-state index contributed by atoms with van der Waals surface area (Å²) in [6, 6.07) is 1.23. The topological polar surface area (TPSA) is 39.2 Å². The summed E-state index contributed by atoms with van der Waals surface area (Å²) in [5, 5.41) is 0.212. The molecule has 94 valence electrons. The third kappa shape index (κ3) is 3.61. The number of carbonyl (C=O) groups is 1. The highest BCUT2D eigenvalue weighted by Crippen LogP contribution is 2.27. The SMILES string of the molecule is COC(=O)Cc1c(CBr)cc(C(F)F)nc1Cl. The lowest BCUT2D eigenvalue weighted by Crippen LogP contribution is -2.09. The van der Waals surface area contributed by atoms with E-state index in [1.54, 1.807) is 0 Å². The van der Waals surface area contributed by atoms with Gasteiger partial charge in [0.1, 0.15) is 10.8 Å². The number of alkyl halides is 3. The Morgan fingerprint density at radius 1 is 1.65 bits per heavy atom. The minimum Gasteiger partial charge on any atom is -0.469 e. The summed E-state index contributed by atoms with van der Waals surface area (Å²) in [7, 11) is 1.24. The van der Waals surface area contributed by atoms with Crippen molar-refractivity contribution in [1.29, 1.82) is 0 Å². The number of nitrogens with zero attached hydrogens (tertiary/aromatic N) is 1. The van der Waals surface area contributed by atoms with Crippen LogP contribution in [0.4, 0.5) is 8.78 Å². The molecule has 0 N–H and O–H groups in total. The zero-order valence-electron chi connectivity index (χ0n) is 8.84. The van der Waals surface area contributed by atoms with Gasteiger partial charge in [0.05, 0.1) is 13.5 Å². The van der Waals surface area contributed by atoms with Crippen LogP contribution in [0.3, 0.4) is 0 Å². The fourth-order valence-electron chi connectivity index (χ4n) is 1.25. The number of carbonyl (C=O) groups excluding carboxylic acids is 1. The molecule has 3 nitrogen and oxygen atoms in total. The number of hydrogen-bond donors (Lipinski definition) is 0. The molecule has 1 heterocycles. The van der Waals surface area contributed by atoms with Crippen molar-refractivity contribution >= 4 is 33.5 Å². The van der Waals surface area contributed by atoms with Crippen LogP contribution in [0.1, 0.15) is 23.2 Å². The summed E-state index contributed by atoms with van der Waals surface area (Å²) in [5.41, 5.74) is 0.503. The van der Waals surface area contributed by atoms with Crippen LogP contribution < -0.4 is 0 Å². The summed E-state index contributed by atoms with van der Waals surface area (Å²) in [4.78, 5) is 14.7. The van der Waals surface area contributed by atoms with E-state index in [-0.39, 0.29) is 11.6 Å². The Kier molecular flexibility index (Phi) is 5.27. The lowest BCUT2D eigenvalue weighted by molar-refractivity contribution is -0.139. The van der Waals surface area contributed by atoms with Crippen molar-refractivity contribution in [2.75, 3.05) is 7.11 Å². The maximum absolute atomic E-state index is 12.5. The Hall–Kier alpha value is -0.750. The monoisotopic (exact) mass is 327 g/mol. The van der Waals surface area contributed by atoms with Crippen molar-refractivity contribution in [3.05, 3.63) is 28.0 Å². The minimum atomic E-state index is -2.70. The second-order valence-electron chi connectivity index (χ2n) is 3.16. The first-order valence-corrected chi connectivity index (χ1v) is 6.08. The molecule has 0 aromatic carbocycles. The molecule has 0 saturated heterocycles. The Balaban J connectivity index is 3.16. The van der Waals surface area contributed by atoms with E-state index in [1.807, 2.05) is 0 Å². The Labute approximate surface area is 110 Å². The molecule has 0 aliphatic carbocycles. The number of pyridine rings is 1. The second-order valence-corrected chi connectivity index (χ2v) is 4.08. The molecule has 0 spiro atoms. The van der Waals surface area contributed by atoms with Gasteiger partial charge in [-0.15, -0.1) is 0 Å². The van der Waals surface area contributed by atoms with Crippen LogP contribution >= 0.6 is 27.5 Å². The normalized spacial score (nSPS) is 10.7. The smallest absolute Gasteiger partial charge is 0.310 e. The Morgan fingerprint density at radius 2 is 2.29 bits per heavy atom. The van der Waals surface area contributed by atoms with Crippen molar-refractivity contribution in [3.63, 3.8) is 0 Å². The lowest BCUT2D eigenvalue weighted by Gasteiger charge is -2.10. The van der Waals surface area contributed by atoms with Crippen LogP contribution in [-0.4, -0.2) is 18.1 Å². The van der Waals surface area contributed by atoms with Crippen molar-refractivity contribution in [3.8, 4) is 0 Å². The molecule has 0 bridgehead atoms. The highest BCUT2D eigenvalue weighted by molar-refractivity contribution is 9.08. The average Bonchev–Trinajstić information content (AvgIpc) is 2.30. The Bertz CT molecular complexity index is 429. The minimum absolute atomic E-state index is 0.0905. The predicted molar refractivity (Wildman–Crippen MR) is 62.6 cm³/mol. The molecular weight excluding hydrogens is 319 g/mol.